The molecule has 0 unspecified atom stereocenters. The van der Waals surface area contributed by atoms with Crippen molar-refractivity contribution in [1.29, 1.82) is 0 Å². The topological polar surface area (TPSA) is 79.1 Å². The summed E-state index contributed by atoms with van der Waals surface area (Å²) in [5, 5.41) is 5.99. The van der Waals surface area contributed by atoms with Crippen LogP contribution in [-0.2, 0) is 21.2 Å². The lowest BCUT2D eigenvalue weighted by Gasteiger charge is -2.14. The molecule has 134 valence electrons. The molecule has 2 heterocycles. The van der Waals surface area contributed by atoms with Crippen molar-refractivity contribution in [3.05, 3.63) is 29.3 Å². The molecule has 0 fully saturated rings. The third-order valence-corrected chi connectivity index (χ3v) is 5.89. The van der Waals surface area contributed by atoms with E-state index in [1.54, 1.807) is 32.9 Å². The molecule has 25 heavy (non-hydrogen) atoms. The van der Waals surface area contributed by atoms with Crippen LogP contribution in [0.15, 0.2) is 28.7 Å². The molecule has 0 radical (unpaired) electrons. The van der Waals surface area contributed by atoms with Crippen LogP contribution < -0.4 is 9.47 Å². The Hall–Kier alpha value is -2.10. The molecule has 0 saturated heterocycles. The molecular formula is C16H18N2O5S2. The molecule has 9 heteroatoms. The van der Waals surface area contributed by atoms with Crippen molar-refractivity contribution >= 4 is 26.0 Å². The molecule has 0 spiro atoms. The average molecular weight is 382 g/mol. The van der Waals surface area contributed by atoms with Crippen LogP contribution in [0.3, 0.4) is 0 Å². The Labute approximate surface area is 149 Å². The van der Waals surface area contributed by atoms with Crippen LogP contribution in [0, 0.1) is 0 Å². The first-order valence-corrected chi connectivity index (χ1v) is 10.1. The largest absolute Gasteiger partial charge is 0.496 e. The second-order valence-electron chi connectivity index (χ2n) is 5.43. The van der Waals surface area contributed by atoms with E-state index in [9.17, 15) is 8.42 Å². The molecular weight excluding hydrogens is 364 g/mol. The van der Waals surface area contributed by atoms with E-state index in [1.807, 2.05) is 12.1 Å². The van der Waals surface area contributed by atoms with Crippen molar-refractivity contribution in [3.8, 4) is 22.6 Å². The second-order valence-corrected chi connectivity index (χ2v) is 8.25. The van der Waals surface area contributed by atoms with Crippen molar-refractivity contribution in [2.45, 2.75) is 11.6 Å². The third-order valence-electron chi connectivity index (χ3n) is 3.73. The van der Waals surface area contributed by atoms with Gasteiger partial charge in [0.1, 0.15) is 16.3 Å². The van der Waals surface area contributed by atoms with Crippen molar-refractivity contribution in [2.24, 2.45) is 0 Å². The summed E-state index contributed by atoms with van der Waals surface area (Å²) in [6.45, 7) is 0.424. The molecule has 0 atom stereocenters. The zero-order valence-electron chi connectivity index (χ0n) is 14.3. The number of hydrogen-bond donors (Lipinski definition) is 0. The van der Waals surface area contributed by atoms with Gasteiger partial charge in [-0.05, 0) is 17.7 Å². The number of hydrogen-bond acceptors (Lipinski definition) is 7. The van der Waals surface area contributed by atoms with Crippen LogP contribution >= 0.6 is 11.3 Å². The molecule has 2 aromatic heterocycles. The number of methoxy groups -OCH3 is 3. The Bertz CT molecular complexity index is 995. The molecule has 0 aliphatic carbocycles. The van der Waals surface area contributed by atoms with Gasteiger partial charge in [-0.25, -0.2) is 12.9 Å². The molecule has 3 rings (SSSR count). The minimum atomic E-state index is -3.37. The highest BCUT2D eigenvalue weighted by molar-refractivity contribution is 7.90. The lowest BCUT2D eigenvalue weighted by atomic mass is 10.0. The van der Waals surface area contributed by atoms with Gasteiger partial charge in [-0.15, -0.1) is 11.3 Å². The Morgan fingerprint density at radius 3 is 2.32 bits per heavy atom. The Morgan fingerprint density at radius 1 is 1.16 bits per heavy atom. The number of fused-ring (bicyclic) bond motifs is 1. The normalized spacial score (nSPS) is 11.8. The van der Waals surface area contributed by atoms with Crippen LogP contribution in [-0.4, -0.2) is 45.6 Å². The lowest BCUT2D eigenvalue weighted by molar-refractivity contribution is 0.184. The van der Waals surface area contributed by atoms with Gasteiger partial charge in [-0.2, -0.15) is 5.10 Å². The van der Waals surface area contributed by atoms with Crippen LogP contribution in [0.25, 0.3) is 16.0 Å². The third kappa shape index (κ3) is 3.10. The minimum absolute atomic E-state index is 0.160. The number of thiazole rings is 1. The van der Waals surface area contributed by atoms with Crippen LogP contribution in [0.1, 0.15) is 5.56 Å². The van der Waals surface area contributed by atoms with Gasteiger partial charge in [-0.1, -0.05) is 0 Å². The number of nitrogens with zero attached hydrogens (tertiary/aromatic N) is 2. The molecule has 0 aliphatic heterocycles. The maximum Gasteiger partial charge on any atom is 0.193 e. The van der Waals surface area contributed by atoms with E-state index in [1.165, 1.54) is 15.9 Å². The van der Waals surface area contributed by atoms with Crippen molar-refractivity contribution in [2.75, 3.05) is 27.6 Å². The summed E-state index contributed by atoms with van der Waals surface area (Å²) < 4.78 is 41.5. The molecule has 0 aliphatic rings. The van der Waals surface area contributed by atoms with E-state index in [2.05, 4.69) is 5.10 Å². The summed E-state index contributed by atoms with van der Waals surface area (Å²) in [5.74, 6) is 1.21. The number of sulfone groups is 1. The predicted octanol–water partition coefficient (Wildman–Crippen LogP) is 2.63. The average Bonchev–Trinajstić information content (AvgIpc) is 3.15. The fraction of sp³-hybridized carbons (Fsp3) is 0.312. The number of benzene rings is 1. The fourth-order valence-corrected chi connectivity index (χ4v) is 4.85. The maximum atomic E-state index is 11.9. The smallest absolute Gasteiger partial charge is 0.193 e. The first-order valence-electron chi connectivity index (χ1n) is 7.30. The van der Waals surface area contributed by atoms with E-state index < -0.39 is 9.84 Å². The van der Waals surface area contributed by atoms with Gasteiger partial charge in [0.15, 0.2) is 14.9 Å². The summed E-state index contributed by atoms with van der Waals surface area (Å²) in [4.78, 5) is 0.705. The van der Waals surface area contributed by atoms with Crippen LogP contribution in [0.5, 0.6) is 11.5 Å². The molecule has 1 aromatic carbocycles. The Balaban J connectivity index is 2.26. The highest BCUT2D eigenvalue weighted by Gasteiger charge is 2.23. The molecule has 0 saturated carbocycles. The quantitative estimate of drug-likeness (QED) is 0.652. The van der Waals surface area contributed by atoms with Gasteiger partial charge < -0.3 is 14.2 Å². The highest BCUT2D eigenvalue weighted by atomic mass is 32.2. The summed E-state index contributed by atoms with van der Waals surface area (Å²) in [6, 6.07) is 3.74. The number of rotatable bonds is 6. The second kappa shape index (κ2) is 6.66. The molecule has 0 amide bonds. The van der Waals surface area contributed by atoms with Crippen molar-refractivity contribution < 1.29 is 22.6 Å². The SMILES string of the molecule is COCc1cc(OC)c(-c2cnn3c(S(C)(=O)=O)csc23)c(OC)c1. The van der Waals surface area contributed by atoms with Crippen LogP contribution in [0.2, 0.25) is 0 Å². The predicted molar refractivity (Wildman–Crippen MR) is 95.4 cm³/mol. The number of aromatic nitrogens is 2. The van der Waals surface area contributed by atoms with Gasteiger partial charge in [0.2, 0.25) is 0 Å². The van der Waals surface area contributed by atoms with Gasteiger partial charge in [0.25, 0.3) is 0 Å². The van der Waals surface area contributed by atoms with E-state index in [0.29, 0.717) is 22.9 Å². The van der Waals surface area contributed by atoms with Crippen molar-refractivity contribution in [3.63, 3.8) is 0 Å². The summed E-state index contributed by atoms with van der Waals surface area (Å²) in [5.41, 5.74) is 2.38. The van der Waals surface area contributed by atoms with Crippen LogP contribution in [0.4, 0.5) is 0 Å². The Morgan fingerprint density at radius 2 is 1.80 bits per heavy atom. The monoisotopic (exact) mass is 382 g/mol. The summed E-state index contributed by atoms with van der Waals surface area (Å²) in [6.07, 6.45) is 2.79. The Kier molecular flexibility index (Phi) is 4.72. The summed E-state index contributed by atoms with van der Waals surface area (Å²) >= 11 is 1.31. The lowest BCUT2D eigenvalue weighted by Crippen LogP contribution is -2.01. The van der Waals surface area contributed by atoms with E-state index in [-0.39, 0.29) is 5.03 Å². The molecule has 0 N–H and O–H groups in total. The van der Waals surface area contributed by atoms with Gasteiger partial charge in [-0.3, -0.25) is 0 Å². The van der Waals surface area contributed by atoms with Gasteiger partial charge >= 0.3 is 0 Å². The first-order chi connectivity index (χ1) is 11.9. The zero-order valence-corrected chi connectivity index (χ0v) is 15.9. The van der Waals surface area contributed by atoms with E-state index in [4.69, 9.17) is 14.2 Å². The van der Waals surface area contributed by atoms with E-state index >= 15 is 0 Å². The minimum Gasteiger partial charge on any atom is -0.496 e. The van der Waals surface area contributed by atoms with Crippen molar-refractivity contribution in [1.82, 2.24) is 9.61 Å². The zero-order chi connectivity index (χ0) is 18.2. The standard InChI is InChI=1S/C16H18N2O5S2/c1-21-8-10-5-12(22-2)15(13(6-10)23-3)11-7-17-18-14(25(4,19)20)9-24-16(11)18/h5-7,9H,8H2,1-4H3. The van der Waals surface area contributed by atoms with E-state index in [0.717, 1.165) is 22.9 Å². The van der Waals surface area contributed by atoms with Gasteiger partial charge in [0.05, 0.1) is 32.6 Å². The molecule has 3 aromatic rings. The fourth-order valence-electron chi connectivity index (χ4n) is 2.66. The van der Waals surface area contributed by atoms with Gasteiger partial charge in [0, 0.05) is 24.3 Å². The maximum absolute atomic E-state index is 11.9. The highest BCUT2D eigenvalue weighted by Crippen LogP contribution is 2.43. The molecule has 0 bridgehead atoms. The summed E-state index contributed by atoms with van der Waals surface area (Å²) in [7, 11) is 1.40. The molecule has 7 nitrogen and oxygen atoms in total. The number of ether oxygens (including phenoxy) is 3. The first kappa shape index (κ1) is 17.7.